The van der Waals surface area contributed by atoms with Gasteiger partial charge in [-0.3, -0.25) is 14.5 Å². The second kappa shape index (κ2) is 6.85. The highest BCUT2D eigenvalue weighted by molar-refractivity contribution is 5.88. The fourth-order valence-corrected chi connectivity index (χ4v) is 2.33. The third kappa shape index (κ3) is 4.74. The molecule has 0 spiro atoms. The van der Waals surface area contributed by atoms with Gasteiger partial charge in [-0.2, -0.15) is 0 Å². The van der Waals surface area contributed by atoms with Crippen LogP contribution in [0.1, 0.15) is 33.6 Å². The zero-order valence-corrected chi connectivity index (χ0v) is 11.5. The Morgan fingerprint density at radius 3 is 2.61 bits per heavy atom. The number of likely N-dealkylation sites (tertiary alicyclic amines) is 1. The van der Waals surface area contributed by atoms with Gasteiger partial charge in [0.05, 0.1) is 18.7 Å². The number of ketones is 1. The normalized spacial score (nSPS) is 22.8. The number of hydrogen-bond acceptors (Lipinski definition) is 4. The molecule has 1 amide bonds. The molecule has 104 valence electrons. The van der Waals surface area contributed by atoms with Crippen LogP contribution < -0.4 is 5.32 Å². The van der Waals surface area contributed by atoms with Crippen LogP contribution in [0, 0.1) is 5.92 Å². The molecule has 0 aliphatic carbocycles. The van der Waals surface area contributed by atoms with Gasteiger partial charge in [0.15, 0.2) is 5.78 Å². The Kier molecular flexibility index (Phi) is 5.75. The number of Topliss-reactive ketones (excluding diaryl/α,β-unsaturated/α-hetero) is 1. The Labute approximate surface area is 109 Å². The predicted octanol–water partition coefficient (Wildman–Crippen LogP) is 0.173. The van der Waals surface area contributed by atoms with Gasteiger partial charge in [0.2, 0.25) is 5.91 Å². The third-order valence-electron chi connectivity index (χ3n) is 3.27. The molecular weight excluding hydrogens is 232 g/mol. The largest absolute Gasteiger partial charge is 0.392 e. The average Bonchev–Trinajstić information content (AvgIpc) is 2.25. The second-order valence-electron chi connectivity index (χ2n) is 5.43. The topological polar surface area (TPSA) is 69.6 Å². The minimum Gasteiger partial charge on any atom is -0.392 e. The monoisotopic (exact) mass is 256 g/mol. The van der Waals surface area contributed by atoms with Crippen molar-refractivity contribution in [1.82, 2.24) is 10.2 Å². The van der Waals surface area contributed by atoms with E-state index in [1.165, 1.54) is 6.92 Å². The Morgan fingerprint density at radius 1 is 1.44 bits per heavy atom. The first-order chi connectivity index (χ1) is 8.40. The molecule has 1 aliphatic heterocycles. The van der Waals surface area contributed by atoms with Crippen molar-refractivity contribution >= 4 is 11.7 Å². The zero-order chi connectivity index (χ0) is 13.7. The van der Waals surface area contributed by atoms with E-state index in [1.807, 2.05) is 18.7 Å². The van der Waals surface area contributed by atoms with Crippen LogP contribution >= 0.6 is 0 Å². The lowest BCUT2D eigenvalue weighted by Gasteiger charge is -2.30. The molecular formula is C13H24N2O3. The van der Waals surface area contributed by atoms with E-state index >= 15 is 0 Å². The minimum atomic E-state index is -0.410. The molecule has 1 heterocycles. The summed E-state index contributed by atoms with van der Waals surface area (Å²) in [6, 6.07) is -0.410. The van der Waals surface area contributed by atoms with Crippen molar-refractivity contribution in [3.05, 3.63) is 0 Å². The van der Waals surface area contributed by atoms with E-state index in [-0.39, 0.29) is 30.3 Å². The number of nitrogens with one attached hydrogen (secondary N) is 1. The SMILES string of the molecule is CC(=O)C(NC(=O)CN1CCCC(O)C1)C(C)C. The van der Waals surface area contributed by atoms with E-state index in [4.69, 9.17) is 0 Å². The first-order valence-electron chi connectivity index (χ1n) is 6.60. The quantitative estimate of drug-likeness (QED) is 0.736. The summed E-state index contributed by atoms with van der Waals surface area (Å²) in [7, 11) is 0. The maximum Gasteiger partial charge on any atom is 0.234 e. The van der Waals surface area contributed by atoms with Gasteiger partial charge in [0.1, 0.15) is 0 Å². The van der Waals surface area contributed by atoms with E-state index in [9.17, 15) is 14.7 Å². The van der Waals surface area contributed by atoms with Crippen molar-refractivity contribution in [2.75, 3.05) is 19.6 Å². The molecule has 1 rings (SSSR count). The van der Waals surface area contributed by atoms with Gasteiger partial charge in [-0.1, -0.05) is 13.8 Å². The van der Waals surface area contributed by atoms with E-state index < -0.39 is 6.04 Å². The van der Waals surface area contributed by atoms with Crippen molar-refractivity contribution in [1.29, 1.82) is 0 Å². The highest BCUT2D eigenvalue weighted by atomic mass is 16.3. The molecule has 5 nitrogen and oxygen atoms in total. The van der Waals surface area contributed by atoms with E-state index in [2.05, 4.69) is 5.32 Å². The molecule has 2 atom stereocenters. The number of hydrogen-bond donors (Lipinski definition) is 2. The van der Waals surface area contributed by atoms with Crippen molar-refractivity contribution in [3.63, 3.8) is 0 Å². The first-order valence-corrected chi connectivity index (χ1v) is 6.60. The Balaban J connectivity index is 2.42. The van der Waals surface area contributed by atoms with Crippen LogP contribution in [-0.4, -0.2) is 53.5 Å². The number of rotatable bonds is 5. The maximum absolute atomic E-state index is 11.9. The number of amides is 1. The van der Waals surface area contributed by atoms with Crippen molar-refractivity contribution in [3.8, 4) is 0 Å². The lowest BCUT2D eigenvalue weighted by atomic mass is 10.0. The van der Waals surface area contributed by atoms with E-state index in [0.29, 0.717) is 6.54 Å². The maximum atomic E-state index is 11.9. The summed E-state index contributed by atoms with van der Waals surface area (Å²) in [5.74, 6) is -0.0616. The number of nitrogens with zero attached hydrogens (tertiary/aromatic N) is 1. The molecule has 18 heavy (non-hydrogen) atoms. The fraction of sp³-hybridized carbons (Fsp3) is 0.846. The summed E-state index contributed by atoms with van der Waals surface area (Å²) in [6.07, 6.45) is 1.38. The number of β-amino-alcohol motifs (C(OH)–C–C–N with tert-alkyl or cyclic N) is 1. The summed E-state index contributed by atoms with van der Waals surface area (Å²) in [5, 5.41) is 12.3. The zero-order valence-electron chi connectivity index (χ0n) is 11.5. The van der Waals surface area contributed by atoms with Gasteiger partial charge in [-0.25, -0.2) is 0 Å². The molecule has 2 N–H and O–H groups in total. The van der Waals surface area contributed by atoms with Crippen molar-refractivity contribution in [2.45, 2.75) is 45.8 Å². The van der Waals surface area contributed by atoms with Gasteiger partial charge in [-0.15, -0.1) is 0 Å². The second-order valence-corrected chi connectivity index (χ2v) is 5.43. The van der Waals surface area contributed by atoms with Crippen LogP contribution in [0.15, 0.2) is 0 Å². The number of carbonyl (C=O) groups is 2. The molecule has 1 saturated heterocycles. The first kappa shape index (κ1) is 15.1. The smallest absolute Gasteiger partial charge is 0.234 e. The molecule has 5 heteroatoms. The number of piperidine rings is 1. The van der Waals surface area contributed by atoms with Gasteiger partial charge in [0, 0.05) is 6.54 Å². The summed E-state index contributed by atoms with van der Waals surface area (Å²) in [5.41, 5.74) is 0. The standard InChI is InChI=1S/C13H24N2O3/c1-9(2)13(10(3)16)14-12(18)8-15-6-4-5-11(17)7-15/h9,11,13,17H,4-8H2,1-3H3,(H,14,18). The highest BCUT2D eigenvalue weighted by Gasteiger charge is 2.23. The van der Waals surface area contributed by atoms with Crippen molar-refractivity contribution in [2.24, 2.45) is 5.92 Å². The van der Waals surface area contributed by atoms with Crippen molar-refractivity contribution < 1.29 is 14.7 Å². The van der Waals surface area contributed by atoms with Crippen LogP contribution in [0.2, 0.25) is 0 Å². The molecule has 0 saturated carbocycles. The van der Waals surface area contributed by atoms with Gasteiger partial charge in [0.25, 0.3) is 0 Å². The predicted molar refractivity (Wildman–Crippen MR) is 69.1 cm³/mol. The highest BCUT2D eigenvalue weighted by Crippen LogP contribution is 2.09. The molecule has 0 aromatic rings. The van der Waals surface area contributed by atoms with Crippen LogP contribution in [0.5, 0.6) is 0 Å². The molecule has 0 aromatic heterocycles. The number of aliphatic hydroxyl groups excluding tert-OH is 1. The van der Waals surface area contributed by atoms with Crippen LogP contribution in [-0.2, 0) is 9.59 Å². The lowest BCUT2D eigenvalue weighted by molar-refractivity contribution is -0.129. The fourth-order valence-electron chi connectivity index (χ4n) is 2.33. The van der Waals surface area contributed by atoms with E-state index in [1.54, 1.807) is 0 Å². The van der Waals surface area contributed by atoms with Crippen LogP contribution in [0.4, 0.5) is 0 Å². The molecule has 1 aliphatic rings. The summed E-state index contributed by atoms with van der Waals surface area (Å²) in [6.45, 7) is 6.95. The molecule has 0 bridgehead atoms. The minimum absolute atomic E-state index is 0.0166. The van der Waals surface area contributed by atoms with Gasteiger partial charge >= 0.3 is 0 Å². The van der Waals surface area contributed by atoms with Crippen LogP contribution in [0.3, 0.4) is 0 Å². The molecule has 1 fully saturated rings. The molecule has 0 radical (unpaired) electrons. The number of aliphatic hydroxyl groups is 1. The Morgan fingerprint density at radius 2 is 2.11 bits per heavy atom. The summed E-state index contributed by atoms with van der Waals surface area (Å²) in [4.78, 5) is 25.2. The summed E-state index contributed by atoms with van der Waals surface area (Å²) >= 11 is 0. The number of carbonyl (C=O) groups excluding carboxylic acids is 2. The third-order valence-corrected chi connectivity index (χ3v) is 3.27. The Bertz CT molecular complexity index is 305. The van der Waals surface area contributed by atoms with Gasteiger partial charge in [-0.05, 0) is 32.2 Å². The van der Waals surface area contributed by atoms with Crippen LogP contribution in [0.25, 0.3) is 0 Å². The molecule has 0 aromatic carbocycles. The average molecular weight is 256 g/mol. The molecule has 2 unspecified atom stereocenters. The van der Waals surface area contributed by atoms with Gasteiger partial charge < -0.3 is 10.4 Å². The lowest BCUT2D eigenvalue weighted by Crippen LogP contribution is -2.49. The summed E-state index contributed by atoms with van der Waals surface area (Å²) < 4.78 is 0. The Hall–Kier alpha value is -0.940. The van der Waals surface area contributed by atoms with E-state index in [0.717, 1.165) is 19.4 Å².